The predicted molar refractivity (Wildman–Crippen MR) is 191 cm³/mol. The molecule has 246 valence electrons. The second-order valence-corrected chi connectivity index (χ2v) is 15.4. The lowest BCUT2D eigenvalue weighted by atomic mass is 10.0. The van der Waals surface area contributed by atoms with Crippen molar-refractivity contribution in [1.82, 2.24) is 10.2 Å². The highest BCUT2D eigenvalue weighted by molar-refractivity contribution is 9.10. The fourth-order valence-corrected chi connectivity index (χ4v) is 7.88. The fraction of sp³-hybridized carbons (Fsp3) is 0.278. The van der Waals surface area contributed by atoms with Gasteiger partial charge in [0.1, 0.15) is 12.6 Å². The van der Waals surface area contributed by atoms with Gasteiger partial charge >= 0.3 is 0 Å². The summed E-state index contributed by atoms with van der Waals surface area (Å²) in [6.07, 6.45) is 4.01. The van der Waals surface area contributed by atoms with E-state index in [4.69, 9.17) is 23.2 Å². The van der Waals surface area contributed by atoms with Crippen LogP contribution in [0.1, 0.15) is 42.4 Å². The summed E-state index contributed by atoms with van der Waals surface area (Å²) in [6, 6.07) is 26.7. The molecule has 1 aliphatic carbocycles. The molecular weight excluding hydrogens is 721 g/mol. The summed E-state index contributed by atoms with van der Waals surface area (Å²) in [4.78, 5) is 30.3. The van der Waals surface area contributed by atoms with Gasteiger partial charge in [-0.1, -0.05) is 106 Å². The highest BCUT2D eigenvalue weighted by Gasteiger charge is 2.36. The lowest BCUT2D eigenvalue weighted by Crippen LogP contribution is -2.54. The van der Waals surface area contributed by atoms with Gasteiger partial charge in [-0.15, -0.1) is 0 Å². The van der Waals surface area contributed by atoms with Gasteiger partial charge in [-0.3, -0.25) is 13.9 Å². The number of nitrogens with one attached hydrogen (secondary N) is 1. The zero-order valence-corrected chi connectivity index (χ0v) is 29.8. The number of hydrogen-bond donors (Lipinski definition) is 1. The summed E-state index contributed by atoms with van der Waals surface area (Å²) in [5.74, 6) is -0.854. The summed E-state index contributed by atoms with van der Waals surface area (Å²) >= 11 is 16.2. The Bertz CT molecular complexity index is 1800. The zero-order chi connectivity index (χ0) is 33.6. The normalized spacial score (nSPS) is 14.0. The lowest BCUT2D eigenvalue weighted by molar-refractivity contribution is -0.140. The van der Waals surface area contributed by atoms with Gasteiger partial charge in [-0.2, -0.15) is 0 Å². The molecule has 47 heavy (non-hydrogen) atoms. The minimum absolute atomic E-state index is 0.0121. The quantitative estimate of drug-likeness (QED) is 0.159. The summed E-state index contributed by atoms with van der Waals surface area (Å²) in [7, 11) is -4.20. The molecule has 0 radical (unpaired) electrons. The SMILES string of the molecule is Cc1ccc(S(=O)(=O)N(CC(=O)N(Cc2ccc(Cl)cc2Cl)C(Cc2ccccc2)C(=O)NC2CCCC2)c2ccc(Br)cc2)cc1. The van der Waals surface area contributed by atoms with Crippen LogP contribution >= 0.6 is 39.1 Å². The van der Waals surface area contributed by atoms with Crippen LogP contribution in [0.4, 0.5) is 5.69 Å². The first-order chi connectivity index (χ1) is 22.5. The number of sulfonamides is 1. The maximum Gasteiger partial charge on any atom is 0.264 e. The highest BCUT2D eigenvalue weighted by Crippen LogP contribution is 2.28. The maximum absolute atomic E-state index is 14.6. The first-order valence-corrected chi connectivity index (χ1v) is 18.4. The molecule has 2 amide bonds. The molecule has 1 N–H and O–H groups in total. The van der Waals surface area contributed by atoms with E-state index in [0.29, 0.717) is 21.3 Å². The molecule has 0 aromatic heterocycles. The van der Waals surface area contributed by atoms with Crippen molar-refractivity contribution in [1.29, 1.82) is 0 Å². The van der Waals surface area contributed by atoms with E-state index in [1.807, 2.05) is 37.3 Å². The molecule has 7 nitrogen and oxygen atoms in total. The molecule has 1 aliphatic rings. The van der Waals surface area contributed by atoms with Gasteiger partial charge in [0.05, 0.1) is 10.6 Å². The maximum atomic E-state index is 14.6. The number of carbonyl (C=O) groups excluding carboxylic acids is 2. The number of hydrogen-bond acceptors (Lipinski definition) is 4. The third-order valence-corrected chi connectivity index (χ3v) is 11.2. The van der Waals surface area contributed by atoms with Crippen molar-refractivity contribution in [2.75, 3.05) is 10.8 Å². The third-order valence-electron chi connectivity index (χ3n) is 8.33. The smallest absolute Gasteiger partial charge is 0.264 e. The van der Waals surface area contributed by atoms with E-state index in [2.05, 4.69) is 21.2 Å². The van der Waals surface area contributed by atoms with E-state index in [1.165, 1.54) is 17.0 Å². The van der Waals surface area contributed by atoms with E-state index >= 15 is 0 Å². The lowest BCUT2D eigenvalue weighted by Gasteiger charge is -2.34. The van der Waals surface area contributed by atoms with Gasteiger partial charge in [-0.25, -0.2) is 8.42 Å². The minimum atomic E-state index is -4.20. The Morgan fingerprint density at radius 2 is 1.57 bits per heavy atom. The zero-order valence-electron chi connectivity index (χ0n) is 25.9. The number of carbonyl (C=O) groups is 2. The van der Waals surface area contributed by atoms with Gasteiger partial charge < -0.3 is 10.2 Å². The van der Waals surface area contributed by atoms with Gasteiger partial charge in [-0.05, 0) is 79.4 Å². The topological polar surface area (TPSA) is 86.8 Å². The molecule has 0 heterocycles. The molecule has 1 unspecified atom stereocenters. The van der Waals surface area contributed by atoms with Crippen LogP contribution in [0.2, 0.25) is 10.0 Å². The van der Waals surface area contributed by atoms with Crippen molar-refractivity contribution < 1.29 is 18.0 Å². The standard InChI is InChI=1S/C36H36BrCl2N3O4S/c1-25-11-19-32(20-12-25)47(45,46)42(31-17-14-28(37)15-18-31)24-35(43)41(23-27-13-16-29(38)22-33(27)39)34(21-26-7-3-2-4-8-26)36(44)40-30-9-5-6-10-30/h2-4,7-8,11-20,22,30,34H,5-6,9-10,21,23-24H2,1H3,(H,40,44). The molecule has 4 aromatic rings. The Labute approximate surface area is 295 Å². The fourth-order valence-electron chi connectivity index (χ4n) is 5.73. The monoisotopic (exact) mass is 755 g/mol. The van der Waals surface area contributed by atoms with Gasteiger partial charge in [0, 0.05) is 33.5 Å². The van der Waals surface area contributed by atoms with Gasteiger partial charge in [0.15, 0.2) is 0 Å². The minimum Gasteiger partial charge on any atom is -0.352 e. The molecule has 1 saturated carbocycles. The van der Waals surface area contributed by atoms with Crippen LogP contribution in [-0.4, -0.2) is 43.8 Å². The molecule has 0 saturated heterocycles. The molecule has 0 aliphatic heterocycles. The van der Waals surface area contributed by atoms with Crippen LogP contribution in [0.15, 0.2) is 106 Å². The molecule has 0 spiro atoms. The van der Waals surface area contributed by atoms with E-state index in [1.54, 1.807) is 54.6 Å². The average molecular weight is 758 g/mol. The summed E-state index contributed by atoms with van der Waals surface area (Å²) in [6.45, 7) is 1.28. The summed E-state index contributed by atoms with van der Waals surface area (Å²) in [5, 5.41) is 3.94. The summed E-state index contributed by atoms with van der Waals surface area (Å²) < 4.78 is 30.2. The van der Waals surface area contributed by atoms with E-state index in [9.17, 15) is 18.0 Å². The summed E-state index contributed by atoms with van der Waals surface area (Å²) in [5.41, 5.74) is 2.64. The molecule has 1 fully saturated rings. The molecule has 5 rings (SSSR count). The number of aryl methyl sites for hydroxylation is 1. The molecular formula is C36H36BrCl2N3O4S. The van der Waals surface area contributed by atoms with Crippen molar-refractivity contribution >= 4 is 66.7 Å². The number of nitrogens with zero attached hydrogens (tertiary/aromatic N) is 2. The number of anilines is 1. The van der Waals surface area contributed by atoms with Crippen LogP contribution in [0.25, 0.3) is 0 Å². The second kappa shape index (κ2) is 15.7. The molecule has 4 aromatic carbocycles. The van der Waals surface area contributed by atoms with Crippen LogP contribution < -0.4 is 9.62 Å². The second-order valence-electron chi connectivity index (χ2n) is 11.8. The predicted octanol–water partition coefficient (Wildman–Crippen LogP) is 7.96. The Morgan fingerprint density at radius 3 is 2.21 bits per heavy atom. The van der Waals surface area contributed by atoms with E-state index in [-0.39, 0.29) is 29.8 Å². The highest BCUT2D eigenvalue weighted by atomic mass is 79.9. The average Bonchev–Trinajstić information content (AvgIpc) is 3.56. The number of rotatable bonds is 12. The van der Waals surface area contributed by atoms with Gasteiger partial charge in [0.25, 0.3) is 10.0 Å². The van der Waals surface area contributed by atoms with Crippen LogP contribution in [0, 0.1) is 6.92 Å². The first-order valence-electron chi connectivity index (χ1n) is 15.4. The van der Waals surface area contributed by atoms with Crippen molar-refractivity contribution in [2.45, 2.75) is 62.6 Å². The largest absolute Gasteiger partial charge is 0.352 e. The number of halogens is 3. The molecule has 1 atom stereocenters. The Balaban J connectivity index is 1.58. The van der Waals surface area contributed by atoms with Crippen molar-refractivity contribution in [3.8, 4) is 0 Å². The van der Waals surface area contributed by atoms with Gasteiger partial charge in [0.2, 0.25) is 11.8 Å². The Kier molecular flexibility index (Phi) is 11.7. The number of benzene rings is 4. The van der Waals surface area contributed by atoms with Crippen molar-refractivity contribution in [3.05, 3.63) is 128 Å². The van der Waals surface area contributed by atoms with Crippen LogP contribution in [0.5, 0.6) is 0 Å². The Hall–Kier alpha value is -3.37. The first kappa shape index (κ1) is 35.0. The third kappa shape index (κ3) is 8.96. The van der Waals surface area contributed by atoms with Crippen LogP contribution in [-0.2, 0) is 32.6 Å². The van der Waals surface area contributed by atoms with Crippen LogP contribution in [0.3, 0.4) is 0 Å². The Morgan fingerprint density at radius 1 is 0.915 bits per heavy atom. The van der Waals surface area contributed by atoms with E-state index in [0.717, 1.165) is 45.6 Å². The number of amides is 2. The van der Waals surface area contributed by atoms with Crippen molar-refractivity contribution in [3.63, 3.8) is 0 Å². The molecule has 11 heteroatoms. The van der Waals surface area contributed by atoms with E-state index < -0.39 is 28.5 Å². The molecule has 0 bridgehead atoms. The van der Waals surface area contributed by atoms with Crippen molar-refractivity contribution in [2.24, 2.45) is 0 Å².